The van der Waals surface area contributed by atoms with E-state index in [0.29, 0.717) is 23.0 Å². The normalized spacial score (nSPS) is 13.8. The Balaban J connectivity index is 2.00. The lowest BCUT2D eigenvalue weighted by molar-refractivity contribution is 0.353. The van der Waals surface area contributed by atoms with Gasteiger partial charge in [0.05, 0.1) is 33.9 Å². The Hall–Kier alpha value is -3.92. The van der Waals surface area contributed by atoms with Crippen molar-refractivity contribution in [3.05, 3.63) is 106 Å². The molecule has 1 aliphatic carbocycles. The molecule has 0 saturated carbocycles. The van der Waals surface area contributed by atoms with Crippen LogP contribution < -0.4 is 18.9 Å². The van der Waals surface area contributed by atoms with E-state index >= 15 is 0 Å². The van der Waals surface area contributed by atoms with Crippen LogP contribution in [0, 0.1) is 0 Å². The Morgan fingerprint density at radius 3 is 1.36 bits per heavy atom. The van der Waals surface area contributed by atoms with Crippen LogP contribution in [-0.4, -0.2) is 28.4 Å². The lowest BCUT2D eigenvalue weighted by atomic mass is 9.66. The van der Waals surface area contributed by atoms with Crippen molar-refractivity contribution in [1.82, 2.24) is 0 Å². The van der Waals surface area contributed by atoms with Gasteiger partial charge in [-0.1, -0.05) is 90.1 Å². The molecule has 0 aliphatic heterocycles. The molecular formula is C38H44O4. The van der Waals surface area contributed by atoms with Crippen molar-refractivity contribution < 1.29 is 18.9 Å². The standard InChI is InChI=1S/C38H44O4/c1-11-37(5,6)25-13-17-29-28-16-12-24(36(2,3)4)20-30(28)38(31(29)21-25,26-14-18-32(39-7)34(22-26)41-9)27-15-19-33(40-8)35(23-27)42-10/h12-23H,11H2,1-10H3. The minimum Gasteiger partial charge on any atom is -0.493 e. The van der Waals surface area contributed by atoms with E-state index < -0.39 is 5.41 Å². The third-order valence-electron chi connectivity index (χ3n) is 9.30. The fourth-order valence-corrected chi connectivity index (χ4v) is 6.34. The lowest BCUT2D eigenvalue weighted by Crippen LogP contribution is -2.30. The number of hydrogen-bond donors (Lipinski definition) is 0. The van der Waals surface area contributed by atoms with Crippen LogP contribution in [0.4, 0.5) is 0 Å². The summed E-state index contributed by atoms with van der Waals surface area (Å²) in [6.07, 6.45) is 1.03. The van der Waals surface area contributed by atoms with Gasteiger partial charge in [-0.15, -0.1) is 0 Å². The first-order valence-corrected chi connectivity index (χ1v) is 14.7. The molecule has 4 heteroatoms. The van der Waals surface area contributed by atoms with Crippen LogP contribution in [0.15, 0.2) is 72.8 Å². The van der Waals surface area contributed by atoms with E-state index in [1.54, 1.807) is 28.4 Å². The van der Waals surface area contributed by atoms with Crippen molar-refractivity contribution in [3.63, 3.8) is 0 Å². The quantitative estimate of drug-likeness (QED) is 0.188. The molecule has 0 radical (unpaired) electrons. The SMILES string of the molecule is CCC(C)(C)c1ccc2c(c1)C(c1ccc(OC)c(OC)c1)(c1ccc(OC)c(OC)c1)c1cc(C(C)(C)C)ccc1-2. The molecule has 4 aromatic rings. The number of rotatable bonds is 8. The van der Waals surface area contributed by atoms with Crippen molar-refractivity contribution in [2.24, 2.45) is 0 Å². The highest BCUT2D eigenvalue weighted by atomic mass is 16.5. The predicted molar refractivity (Wildman–Crippen MR) is 172 cm³/mol. The lowest BCUT2D eigenvalue weighted by Gasteiger charge is -2.36. The summed E-state index contributed by atoms with van der Waals surface area (Å²) in [4.78, 5) is 0. The number of benzene rings is 4. The number of ether oxygens (including phenoxy) is 4. The molecule has 4 nitrogen and oxygen atoms in total. The van der Waals surface area contributed by atoms with E-state index in [4.69, 9.17) is 18.9 Å². The van der Waals surface area contributed by atoms with Crippen LogP contribution in [0.25, 0.3) is 11.1 Å². The second-order valence-electron chi connectivity index (χ2n) is 12.9. The first-order chi connectivity index (χ1) is 20.0. The maximum atomic E-state index is 5.88. The van der Waals surface area contributed by atoms with Gasteiger partial charge >= 0.3 is 0 Å². The highest BCUT2D eigenvalue weighted by molar-refractivity contribution is 5.87. The van der Waals surface area contributed by atoms with E-state index in [2.05, 4.69) is 102 Å². The van der Waals surface area contributed by atoms with E-state index in [1.165, 1.54) is 33.4 Å². The molecule has 0 spiro atoms. The molecule has 0 fully saturated rings. The maximum Gasteiger partial charge on any atom is 0.161 e. The van der Waals surface area contributed by atoms with Crippen LogP contribution >= 0.6 is 0 Å². The van der Waals surface area contributed by atoms with E-state index in [0.717, 1.165) is 17.5 Å². The van der Waals surface area contributed by atoms with Crippen LogP contribution in [0.5, 0.6) is 23.0 Å². The molecule has 0 N–H and O–H groups in total. The van der Waals surface area contributed by atoms with Gasteiger partial charge in [0.15, 0.2) is 23.0 Å². The van der Waals surface area contributed by atoms with Crippen molar-refractivity contribution >= 4 is 0 Å². The average Bonchev–Trinajstić information content (AvgIpc) is 3.29. The fraction of sp³-hybridized carbons (Fsp3) is 0.368. The molecular weight excluding hydrogens is 520 g/mol. The average molecular weight is 565 g/mol. The molecule has 220 valence electrons. The van der Waals surface area contributed by atoms with Gasteiger partial charge in [0, 0.05) is 0 Å². The molecule has 0 unspecified atom stereocenters. The topological polar surface area (TPSA) is 36.9 Å². The summed E-state index contributed by atoms with van der Waals surface area (Å²) >= 11 is 0. The summed E-state index contributed by atoms with van der Waals surface area (Å²) in [5.41, 5.74) is 9.12. The second-order valence-corrected chi connectivity index (χ2v) is 12.9. The van der Waals surface area contributed by atoms with Crippen molar-refractivity contribution in [2.75, 3.05) is 28.4 Å². The summed E-state index contributed by atoms with van der Waals surface area (Å²) in [6.45, 7) is 13.7. The Labute approximate surface area is 251 Å². The summed E-state index contributed by atoms with van der Waals surface area (Å²) in [5, 5.41) is 0. The highest BCUT2D eigenvalue weighted by Gasteiger charge is 2.48. The van der Waals surface area contributed by atoms with Gasteiger partial charge in [0.1, 0.15) is 0 Å². The van der Waals surface area contributed by atoms with E-state index in [1.807, 2.05) is 12.1 Å². The zero-order valence-corrected chi connectivity index (χ0v) is 26.8. The summed E-state index contributed by atoms with van der Waals surface area (Å²) in [7, 11) is 6.74. The van der Waals surface area contributed by atoms with Gasteiger partial charge in [0.25, 0.3) is 0 Å². The highest BCUT2D eigenvalue weighted by Crippen LogP contribution is 2.58. The van der Waals surface area contributed by atoms with Crippen LogP contribution in [-0.2, 0) is 16.2 Å². The van der Waals surface area contributed by atoms with Crippen LogP contribution in [0.3, 0.4) is 0 Å². The monoisotopic (exact) mass is 564 g/mol. The largest absolute Gasteiger partial charge is 0.493 e. The van der Waals surface area contributed by atoms with E-state index in [9.17, 15) is 0 Å². The molecule has 0 atom stereocenters. The zero-order chi connectivity index (χ0) is 30.4. The first kappa shape index (κ1) is 29.6. The molecule has 0 saturated heterocycles. The summed E-state index contributed by atoms with van der Waals surface area (Å²) in [5.74, 6) is 2.79. The molecule has 0 amide bonds. The van der Waals surface area contributed by atoms with Crippen molar-refractivity contribution in [2.45, 2.75) is 64.2 Å². The van der Waals surface area contributed by atoms with Gasteiger partial charge in [0.2, 0.25) is 0 Å². The molecule has 0 aromatic heterocycles. The molecule has 5 rings (SSSR count). The Bertz CT molecular complexity index is 1570. The van der Waals surface area contributed by atoms with Gasteiger partial charge in [-0.3, -0.25) is 0 Å². The zero-order valence-electron chi connectivity index (χ0n) is 26.8. The Morgan fingerprint density at radius 2 is 0.952 bits per heavy atom. The maximum absolute atomic E-state index is 5.88. The minimum absolute atomic E-state index is 0.0152. The van der Waals surface area contributed by atoms with Gasteiger partial charge < -0.3 is 18.9 Å². The Kier molecular flexibility index (Phi) is 7.55. The van der Waals surface area contributed by atoms with Gasteiger partial charge in [-0.05, 0) is 86.0 Å². The van der Waals surface area contributed by atoms with Crippen LogP contribution in [0.1, 0.15) is 81.3 Å². The molecule has 42 heavy (non-hydrogen) atoms. The smallest absolute Gasteiger partial charge is 0.161 e. The second kappa shape index (κ2) is 10.7. The van der Waals surface area contributed by atoms with Gasteiger partial charge in [-0.25, -0.2) is 0 Å². The fourth-order valence-electron chi connectivity index (χ4n) is 6.34. The predicted octanol–water partition coefficient (Wildman–Crippen LogP) is 9.07. The van der Waals surface area contributed by atoms with Crippen LogP contribution in [0.2, 0.25) is 0 Å². The van der Waals surface area contributed by atoms with E-state index in [-0.39, 0.29) is 10.8 Å². The first-order valence-electron chi connectivity index (χ1n) is 14.7. The third-order valence-corrected chi connectivity index (χ3v) is 9.30. The molecule has 4 aromatic carbocycles. The molecule has 0 heterocycles. The third kappa shape index (κ3) is 4.52. The molecule has 0 bridgehead atoms. The number of methoxy groups -OCH3 is 4. The number of hydrogen-bond acceptors (Lipinski definition) is 4. The van der Waals surface area contributed by atoms with Crippen molar-refractivity contribution in [1.29, 1.82) is 0 Å². The molecule has 1 aliphatic rings. The van der Waals surface area contributed by atoms with Gasteiger partial charge in [-0.2, -0.15) is 0 Å². The summed E-state index contributed by atoms with van der Waals surface area (Å²) in [6, 6.07) is 26.7. The Morgan fingerprint density at radius 1 is 0.524 bits per heavy atom. The van der Waals surface area contributed by atoms with Crippen molar-refractivity contribution in [3.8, 4) is 34.1 Å². The summed E-state index contributed by atoms with van der Waals surface area (Å²) < 4.78 is 23.1. The number of fused-ring (bicyclic) bond motifs is 3. The minimum atomic E-state index is -0.648.